The molecule has 1 aliphatic heterocycles. The fourth-order valence-electron chi connectivity index (χ4n) is 3.75. The summed E-state index contributed by atoms with van der Waals surface area (Å²) in [6.07, 6.45) is 6.25. The van der Waals surface area contributed by atoms with Gasteiger partial charge in [-0.25, -0.2) is 0 Å². The molecule has 1 amide bonds. The van der Waals surface area contributed by atoms with Crippen LogP contribution in [-0.2, 0) is 4.79 Å². The first-order valence-corrected chi connectivity index (χ1v) is 7.38. The third-order valence-corrected chi connectivity index (χ3v) is 5.24. The van der Waals surface area contributed by atoms with Crippen molar-refractivity contribution in [3.8, 4) is 0 Å². The fraction of sp³-hybridized carbons (Fsp3) is 0.933. The molecule has 5 atom stereocenters. The van der Waals surface area contributed by atoms with Crippen molar-refractivity contribution in [2.75, 3.05) is 0 Å². The van der Waals surface area contributed by atoms with E-state index in [0.29, 0.717) is 23.9 Å². The third-order valence-electron chi connectivity index (χ3n) is 5.24. The molecule has 0 spiro atoms. The van der Waals surface area contributed by atoms with Crippen LogP contribution in [0.3, 0.4) is 0 Å². The second kappa shape index (κ2) is 4.99. The van der Waals surface area contributed by atoms with Gasteiger partial charge in [-0.2, -0.15) is 0 Å². The van der Waals surface area contributed by atoms with Gasteiger partial charge in [0.1, 0.15) is 0 Å². The topological polar surface area (TPSA) is 20.3 Å². The van der Waals surface area contributed by atoms with Crippen LogP contribution in [0.2, 0.25) is 0 Å². The quantitative estimate of drug-likeness (QED) is 0.736. The van der Waals surface area contributed by atoms with Gasteiger partial charge in [0.05, 0.1) is 0 Å². The molecule has 2 rings (SSSR count). The zero-order valence-corrected chi connectivity index (χ0v) is 11.8. The minimum Gasteiger partial charge on any atom is -0.336 e. The van der Waals surface area contributed by atoms with Crippen LogP contribution < -0.4 is 0 Å². The number of hydrogen-bond acceptors (Lipinski definition) is 1. The first-order chi connectivity index (χ1) is 8.06. The third kappa shape index (κ3) is 2.23. The normalized spacial score (nSPS) is 35.8. The standard InChI is InChI=1S/C15H27NO/c1-5-10(2)12(4)15(17)16-11(3)9-13-7-6-8-14(13)16/h10-14H,5-9H2,1-4H3/t10?,11-,12?,13?,14?/m1/s1. The summed E-state index contributed by atoms with van der Waals surface area (Å²) in [5.41, 5.74) is 0. The van der Waals surface area contributed by atoms with E-state index >= 15 is 0 Å². The van der Waals surface area contributed by atoms with Crippen molar-refractivity contribution in [2.45, 2.75) is 71.9 Å². The van der Waals surface area contributed by atoms with Crippen molar-refractivity contribution in [2.24, 2.45) is 17.8 Å². The van der Waals surface area contributed by atoms with E-state index in [1.54, 1.807) is 0 Å². The van der Waals surface area contributed by atoms with E-state index in [4.69, 9.17) is 0 Å². The fourth-order valence-corrected chi connectivity index (χ4v) is 3.75. The van der Waals surface area contributed by atoms with Crippen molar-refractivity contribution in [3.63, 3.8) is 0 Å². The van der Waals surface area contributed by atoms with Gasteiger partial charge >= 0.3 is 0 Å². The molecule has 0 radical (unpaired) electrons. The molecule has 98 valence electrons. The number of fused-ring (bicyclic) bond motifs is 1. The maximum absolute atomic E-state index is 12.6. The van der Waals surface area contributed by atoms with E-state index in [1.807, 2.05) is 0 Å². The zero-order chi connectivity index (χ0) is 12.6. The lowest BCUT2D eigenvalue weighted by molar-refractivity contribution is -0.139. The van der Waals surface area contributed by atoms with Crippen LogP contribution in [0.15, 0.2) is 0 Å². The van der Waals surface area contributed by atoms with E-state index in [9.17, 15) is 4.79 Å². The van der Waals surface area contributed by atoms with Crippen LogP contribution in [0, 0.1) is 17.8 Å². The largest absolute Gasteiger partial charge is 0.336 e. The van der Waals surface area contributed by atoms with Crippen LogP contribution in [0.5, 0.6) is 0 Å². The highest BCUT2D eigenvalue weighted by molar-refractivity contribution is 5.79. The second-order valence-electron chi connectivity index (χ2n) is 6.26. The van der Waals surface area contributed by atoms with Crippen LogP contribution in [-0.4, -0.2) is 22.9 Å². The average Bonchev–Trinajstić information content (AvgIpc) is 2.85. The van der Waals surface area contributed by atoms with Crippen molar-refractivity contribution in [1.29, 1.82) is 0 Å². The molecule has 0 bridgehead atoms. The van der Waals surface area contributed by atoms with Gasteiger partial charge in [-0.3, -0.25) is 4.79 Å². The molecule has 2 fully saturated rings. The lowest BCUT2D eigenvalue weighted by Gasteiger charge is -2.32. The minimum absolute atomic E-state index is 0.196. The maximum Gasteiger partial charge on any atom is 0.226 e. The number of amides is 1. The summed E-state index contributed by atoms with van der Waals surface area (Å²) >= 11 is 0. The summed E-state index contributed by atoms with van der Waals surface area (Å²) in [6, 6.07) is 1.05. The first kappa shape index (κ1) is 12.9. The van der Waals surface area contributed by atoms with E-state index < -0.39 is 0 Å². The van der Waals surface area contributed by atoms with Gasteiger partial charge in [0, 0.05) is 18.0 Å². The molecule has 0 aromatic rings. The number of likely N-dealkylation sites (tertiary alicyclic amines) is 1. The summed E-state index contributed by atoms with van der Waals surface area (Å²) in [7, 11) is 0. The molecule has 2 heteroatoms. The van der Waals surface area contributed by atoms with Gasteiger partial charge < -0.3 is 4.90 Å². The molecule has 0 aromatic heterocycles. The molecule has 0 aromatic carbocycles. The molecule has 1 saturated carbocycles. The number of nitrogens with zero attached hydrogens (tertiary/aromatic N) is 1. The summed E-state index contributed by atoms with van der Waals surface area (Å²) in [6.45, 7) is 8.74. The van der Waals surface area contributed by atoms with Gasteiger partial charge in [-0.15, -0.1) is 0 Å². The van der Waals surface area contributed by atoms with Crippen molar-refractivity contribution >= 4 is 5.91 Å². The van der Waals surface area contributed by atoms with Crippen LogP contribution in [0.1, 0.15) is 59.8 Å². The first-order valence-electron chi connectivity index (χ1n) is 7.38. The Morgan fingerprint density at radius 1 is 1.35 bits per heavy atom. The monoisotopic (exact) mass is 237 g/mol. The Kier molecular flexibility index (Phi) is 3.79. The van der Waals surface area contributed by atoms with Gasteiger partial charge in [-0.1, -0.05) is 33.6 Å². The Hall–Kier alpha value is -0.530. The second-order valence-corrected chi connectivity index (χ2v) is 6.26. The summed E-state index contributed by atoms with van der Waals surface area (Å²) < 4.78 is 0. The lowest BCUT2D eigenvalue weighted by atomic mass is 9.92. The number of carbonyl (C=O) groups excluding carboxylic acids is 1. The highest BCUT2D eigenvalue weighted by atomic mass is 16.2. The maximum atomic E-state index is 12.6. The summed E-state index contributed by atoms with van der Waals surface area (Å²) in [5, 5.41) is 0. The molecule has 1 saturated heterocycles. The number of rotatable bonds is 3. The Morgan fingerprint density at radius 2 is 2.06 bits per heavy atom. The van der Waals surface area contributed by atoms with Gasteiger partial charge in [0.25, 0.3) is 0 Å². The molecule has 1 aliphatic carbocycles. The van der Waals surface area contributed by atoms with Gasteiger partial charge in [-0.05, 0) is 38.0 Å². The zero-order valence-electron chi connectivity index (χ0n) is 11.8. The van der Waals surface area contributed by atoms with Gasteiger partial charge in [0.2, 0.25) is 5.91 Å². The summed E-state index contributed by atoms with van der Waals surface area (Å²) in [4.78, 5) is 14.9. The van der Waals surface area contributed by atoms with Crippen molar-refractivity contribution < 1.29 is 4.79 Å². The van der Waals surface area contributed by atoms with E-state index in [1.165, 1.54) is 25.7 Å². The van der Waals surface area contributed by atoms with Gasteiger partial charge in [0.15, 0.2) is 0 Å². The van der Waals surface area contributed by atoms with Crippen LogP contribution in [0.25, 0.3) is 0 Å². The minimum atomic E-state index is 0.196. The molecular weight excluding hydrogens is 210 g/mol. The van der Waals surface area contributed by atoms with Crippen LogP contribution in [0.4, 0.5) is 0 Å². The Balaban J connectivity index is 2.08. The predicted molar refractivity (Wildman–Crippen MR) is 70.7 cm³/mol. The van der Waals surface area contributed by atoms with E-state index in [-0.39, 0.29) is 5.92 Å². The lowest BCUT2D eigenvalue weighted by Crippen LogP contribution is -2.44. The molecule has 1 heterocycles. The Morgan fingerprint density at radius 3 is 2.71 bits per heavy atom. The molecule has 17 heavy (non-hydrogen) atoms. The molecule has 2 nitrogen and oxygen atoms in total. The highest BCUT2D eigenvalue weighted by Crippen LogP contribution is 2.42. The van der Waals surface area contributed by atoms with Crippen molar-refractivity contribution in [3.05, 3.63) is 0 Å². The molecular formula is C15H27NO. The SMILES string of the molecule is CCC(C)C(C)C(=O)N1C2CCCC2C[C@H]1C. The number of hydrogen-bond donors (Lipinski definition) is 0. The van der Waals surface area contributed by atoms with E-state index in [0.717, 1.165) is 12.3 Å². The molecule has 4 unspecified atom stereocenters. The molecule has 2 aliphatic rings. The Labute approximate surface area is 106 Å². The molecule has 0 N–H and O–H groups in total. The smallest absolute Gasteiger partial charge is 0.226 e. The number of carbonyl (C=O) groups is 1. The Bertz CT molecular complexity index is 289. The van der Waals surface area contributed by atoms with Crippen molar-refractivity contribution in [1.82, 2.24) is 4.90 Å². The average molecular weight is 237 g/mol. The van der Waals surface area contributed by atoms with E-state index in [2.05, 4.69) is 32.6 Å². The summed E-state index contributed by atoms with van der Waals surface area (Å²) in [5.74, 6) is 1.93. The predicted octanol–water partition coefficient (Wildman–Crippen LogP) is 3.46. The van der Waals surface area contributed by atoms with Crippen LogP contribution >= 0.6 is 0 Å². The highest BCUT2D eigenvalue weighted by Gasteiger charge is 2.45.